The molecule has 2 aliphatic rings. The summed E-state index contributed by atoms with van der Waals surface area (Å²) in [5.41, 5.74) is 5.95. The molecule has 3 atom stereocenters. The average Bonchev–Trinajstić information content (AvgIpc) is 2.91. The Bertz CT molecular complexity index is 254. The van der Waals surface area contributed by atoms with Crippen LogP contribution < -0.4 is 5.73 Å². The van der Waals surface area contributed by atoms with Crippen molar-refractivity contribution in [2.45, 2.75) is 26.4 Å². The minimum Gasteiger partial charge on any atom is -0.375 e. The zero-order valence-electron chi connectivity index (χ0n) is 9.65. The number of nitrogens with zero attached hydrogens (tertiary/aromatic N) is 2. The monoisotopic (exact) mass is 211 g/mol. The maximum Gasteiger partial charge on any atom is 0.191 e. The van der Waals surface area contributed by atoms with Crippen molar-refractivity contribution in [2.24, 2.45) is 22.6 Å². The summed E-state index contributed by atoms with van der Waals surface area (Å²) in [6, 6.07) is 0. The molecule has 1 heterocycles. The van der Waals surface area contributed by atoms with Crippen molar-refractivity contribution in [2.75, 3.05) is 26.2 Å². The lowest BCUT2D eigenvalue weighted by molar-refractivity contribution is 0.00529. The molecule has 3 unspecified atom stereocenters. The van der Waals surface area contributed by atoms with E-state index in [1.165, 1.54) is 6.42 Å². The number of nitrogens with two attached hydrogens (primary N) is 1. The first-order chi connectivity index (χ1) is 7.16. The van der Waals surface area contributed by atoms with Crippen molar-refractivity contribution in [3.8, 4) is 0 Å². The van der Waals surface area contributed by atoms with Gasteiger partial charge in [-0.15, -0.1) is 0 Å². The molecule has 0 radical (unpaired) electrons. The Hall–Kier alpha value is -0.770. The molecule has 0 aromatic heterocycles. The van der Waals surface area contributed by atoms with Crippen LogP contribution in [0, 0.1) is 11.8 Å². The molecule has 2 fully saturated rings. The van der Waals surface area contributed by atoms with E-state index in [4.69, 9.17) is 10.5 Å². The van der Waals surface area contributed by atoms with Crippen LogP contribution in [0.25, 0.3) is 0 Å². The Morgan fingerprint density at radius 2 is 2.27 bits per heavy atom. The molecule has 1 aliphatic heterocycles. The normalized spacial score (nSPS) is 36.8. The molecular weight excluding hydrogens is 190 g/mol. The topological polar surface area (TPSA) is 50.8 Å². The van der Waals surface area contributed by atoms with Crippen LogP contribution in [0.5, 0.6) is 0 Å². The minimum atomic E-state index is 0.271. The second-order valence-electron chi connectivity index (χ2n) is 4.80. The van der Waals surface area contributed by atoms with Crippen molar-refractivity contribution < 1.29 is 4.74 Å². The zero-order chi connectivity index (χ0) is 10.8. The lowest BCUT2D eigenvalue weighted by Gasteiger charge is -2.31. The largest absolute Gasteiger partial charge is 0.375 e. The number of hydrogen-bond donors (Lipinski definition) is 1. The van der Waals surface area contributed by atoms with Crippen molar-refractivity contribution in [1.29, 1.82) is 0 Å². The Morgan fingerprint density at radius 3 is 2.87 bits per heavy atom. The Balaban J connectivity index is 1.80. The molecule has 1 saturated heterocycles. The molecule has 1 aliphatic carbocycles. The number of aliphatic imine (C=N–C) groups is 1. The van der Waals surface area contributed by atoms with Crippen molar-refractivity contribution in [3.05, 3.63) is 0 Å². The first kappa shape index (κ1) is 10.7. The second-order valence-corrected chi connectivity index (χ2v) is 4.80. The smallest absolute Gasteiger partial charge is 0.191 e. The van der Waals surface area contributed by atoms with Gasteiger partial charge in [-0.3, -0.25) is 4.99 Å². The fourth-order valence-corrected chi connectivity index (χ4v) is 1.99. The highest BCUT2D eigenvalue weighted by Crippen LogP contribution is 2.37. The van der Waals surface area contributed by atoms with E-state index in [2.05, 4.69) is 23.7 Å². The summed E-state index contributed by atoms with van der Waals surface area (Å²) in [5.74, 6) is 2.33. The van der Waals surface area contributed by atoms with Crippen LogP contribution in [0.15, 0.2) is 4.99 Å². The lowest BCUT2D eigenvalue weighted by atomic mass is 10.3. The SMILES string of the molecule is CC1CN(C(N)=NCC2CC2C)CCO1. The number of morpholine rings is 1. The summed E-state index contributed by atoms with van der Waals surface area (Å²) in [4.78, 5) is 6.59. The summed E-state index contributed by atoms with van der Waals surface area (Å²) in [7, 11) is 0. The van der Waals surface area contributed by atoms with E-state index in [0.717, 1.165) is 38.1 Å². The maximum atomic E-state index is 5.95. The van der Waals surface area contributed by atoms with E-state index in [1.807, 2.05) is 0 Å². The molecular formula is C11H21N3O. The van der Waals surface area contributed by atoms with Crippen LogP contribution in [0.1, 0.15) is 20.3 Å². The molecule has 0 aromatic carbocycles. The number of rotatable bonds is 2. The summed E-state index contributed by atoms with van der Waals surface area (Å²) >= 11 is 0. The first-order valence-electron chi connectivity index (χ1n) is 5.83. The fourth-order valence-electron chi connectivity index (χ4n) is 1.99. The quantitative estimate of drug-likeness (QED) is 0.540. The summed E-state index contributed by atoms with van der Waals surface area (Å²) < 4.78 is 5.46. The van der Waals surface area contributed by atoms with Gasteiger partial charge in [0.05, 0.1) is 12.7 Å². The summed E-state index contributed by atoms with van der Waals surface area (Å²) in [6.45, 7) is 7.75. The molecule has 15 heavy (non-hydrogen) atoms. The van der Waals surface area contributed by atoms with Crippen LogP contribution in [-0.4, -0.2) is 43.2 Å². The third-order valence-electron chi connectivity index (χ3n) is 3.33. The highest BCUT2D eigenvalue weighted by molar-refractivity contribution is 5.78. The highest BCUT2D eigenvalue weighted by atomic mass is 16.5. The molecule has 2 rings (SSSR count). The van der Waals surface area contributed by atoms with Crippen molar-refractivity contribution >= 4 is 5.96 Å². The van der Waals surface area contributed by atoms with Crippen molar-refractivity contribution in [3.63, 3.8) is 0 Å². The van der Waals surface area contributed by atoms with E-state index in [1.54, 1.807) is 0 Å². The van der Waals surface area contributed by atoms with Gasteiger partial charge in [0.25, 0.3) is 0 Å². The molecule has 0 bridgehead atoms. The predicted molar refractivity (Wildman–Crippen MR) is 60.7 cm³/mol. The molecule has 0 spiro atoms. The van der Waals surface area contributed by atoms with Crippen LogP contribution in [-0.2, 0) is 4.74 Å². The standard InChI is InChI=1S/C11H21N3O/c1-8-5-10(8)6-13-11(12)14-3-4-15-9(2)7-14/h8-10H,3-7H2,1-2H3,(H2,12,13). The first-order valence-corrected chi connectivity index (χ1v) is 5.83. The van der Waals surface area contributed by atoms with E-state index in [-0.39, 0.29) is 6.10 Å². The van der Waals surface area contributed by atoms with Gasteiger partial charge >= 0.3 is 0 Å². The molecule has 0 amide bonds. The van der Waals surface area contributed by atoms with Gasteiger partial charge in [-0.1, -0.05) is 6.92 Å². The summed E-state index contributed by atoms with van der Waals surface area (Å²) in [6.07, 6.45) is 1.59. The van der Waals surface area contributed by atoms with Gasteiger partial charge in [0.2, 0.25) is 0 Å². The third-order valence-corrected chi connectivity index (χ3v) is 3.33. The van der Waals surface area contributed by atoms with E-state index < -0.39 is 0 Å². The molecule has 1 saturated carbocycles. The maximum absolute atomic E-state index is 5.95. The van der Waals surface area contributed by atoms with Gasteiger partial charge in [0, 0.05) is 19.6 Å². The predicted octanol–water partition coefficient (Wildman–Crippen LogP) is 0.678. The van der Waals surface area contributed by atoms with Gasteiger partial charge in [0.15, 0.2) is 5.96 Å². The molecule has 2 N–H and O–H groups in total. The Labute approximate surface area is 91.5 Å². The van der Waals surface area contributed by atoms with Crippen LogP contribution in [0.3, 0.4) is 0 Å². The fraction of sp³-hybridized carbons (Fsp3) is 0.909. The number of hydrogen-bond acceptors (Lipinski definition) is 2. The minimum absolute atomic E-state index is 0.271. The molecule has 4 heteroatoms. The van der Waals surface area contributed by atoms with Gasteiger partial charge in [-0.2, -0.15) is 0 Å². The number of guanidine groups is 1. The van der Waals surface area contributed by atoms with E-state index in [9.17, 15) is 0 Å². The van der Waals surface area contributed by atoms with E-state index >= 15 is 0 Å². The van der Waals surface area contributed by atoms with Gasteiger partial charge in [-0.05, 0) is 25.2 Å². The average molecular weight is 211 g/mol. The molecule has 0 aromatic rings. The Morgan fingerprint density at radius 1 is 1.53 bits per heavy atom. The summed E-state index contributed by atoms with van der Waals surface area (Å²) in [5, 5.41) is 0. The third kappa shape index (κ3) is 2.84. The molecule has 4 nitrogen and oxygen atoms in total. The van der Waals surface area contributed by atoms with Crippen LogP contribution in [0.4, 0.5) is 0 Å². The van der Waals surface area contributed by atoms with E-state index in [0.29, 0.717) is 5.96 Å². The van der Waals surface area contributed by atoms with Crippen LogP contribution >= 0.6 is 0 Å². The number of ether oxygens (including phenoxy) is 1. The zero-order valence-corrected chi connectivity index (χ0v) is 9.65. The highest BCUT2D eigenvalue weighted by Gasteiger charge is 2.32. The lowest BCUT2D eigenvalue weighted by Crippen LogP contribution is -2.48. The Kier molecular flexibility index (Phi) is 3.14. The van der Waals surface area contributed by atoms with Crippen molar-refractivity contribution in [1.82, 2.24) is 4.90 Å². The van der Waals surface area contributed by atoms with Crippen LogP contribution in [0.2, 0.25) is 0 Å². The van der Waals surface area contributed by atoms with Gasteiger partial charge in [0.1, 0.15) is 0 Å². The van der Waals surface area contributed by atoms with Gasteiger partial charge in [-0.25, -0.2) is 0 Å². The molecule has 86 valence electrons. The second kappa shape index (κ2) is 4.39. The van der Waals surface area contributed by atoms with Gasteiger partial charge < -0.3 is 15.4 Å².